The minimum absolute atomic E-state index is 0.342. The zero-order chi connectivity index (χ0) is 13.3. The Morgan fingerprint density at radius 3 is 2.61 bits per heavy atom. The van der Waals surface area contributed by atoms with Gasteiger partial charge in [0, 0.05) is 17.8 Å². The Bertz CT molecular complexity index is 475. The van der Waals surface area contributed by atoms with Gasteiger partial charge in [-0.05, 0) is 6.07 Å². The summed E-state index contributed by atoms with van der Waals surface area (Å²) in [5.74, 6) is 0. The van der Waals surface area contributed by atoms with Crippen LogP contribution in [0.15, 0.2) is 23.1 Å². The van der Waals surface area contributed by atoms with Crippen LogP contribution in [0.4, 0.5) is 0 Å². The number of rotatable bonds is 3. The van der Waals surface area contributed by atoms with Crippen molar-refractivity contribution in [3.63, 3.8) is 0 Å². The fourth-order valence-corrected chi connectivity index (χ4v) is 2.01. The number of quaternary nitrogens is 1. The topological polar surface area (TPSA) is 120 Å². The standard InChI is InChI=1S/C11H16N2O5/c12-4-6-1-2-13(8(15)3-6)11-10(17)9(16)7(5-14)18-11/h1-3,7,9-11,14,16-17H,4-5,12H2/p+1/t7-,9-,10-,11-/m1/s1. The number of aliphatic hydroxyl groups is 3. The molecule has 4 atom stereocenters. The van der Waals surface area contributed by atoms with E-state index >= 15 is 0 Å². The third-order valence-corrected chi connectivity index (χ3v) is 3.09. The molecule has 0 aromatic carbocycles. The summed E-state index contributed by atoms with van der Waals surface area (Å²) in [7, 11) is 0. The Hall–Kier alpha value is -1.25. The second-order valence-electron chi connectivity index (χ2n) is 4.26. The van der Waals surface area contributed by atoms with E-state index < -0.39 is 31.1 Å². The summed E-state index contributed by atoms with van der Waals surface area (Å²) in [4.78, 5) is 11.8. The van der Waals surface area contributed by atoms with E-state index in [4.69, 9.17) is 9.84 Å². The Morgan fingerprint density at radius 2 is 2.11 bits per heavy atom. The molecule has 1 aromatic heterocycles. The molecule has 1 aliphatic rings. The first-order valence-corrected chi connectivity index (χ1v) is 5.71. The third-order valence-electron chi connectivity index (χ3n) is 3.09. The fourth-order valence-electron chi connectivity index (χ4n) is 2.01. The molecular weight excluding hydrogens is 240 g/mol. The molecule has 0 spiro atoms. The maximum atomic E-state index is 11.8. The van der Waals surface area contributed by atoms with E-state index in [1.54, 1.807) is 6.07 Å². The lowest BCUT2D eigenvalue weighted by Gasteiger charge is -2.17. The van der Waals surface area contributed by atoms with Crippen LogP contribution in [0.2, 0.25) is 0 Å². The average molecular weight is 257 g/mol. The lowest BCUT2D eigenvalue weighted by Crippen LogP contribution is -2.48. The summed E-state index contributed by atoms with van der Waals surface area (Å²) >= 11 is 0. The van der Waals surface area contributed by atoms with Crippen molar-refractivity contribution in [1.82, 2.24) is 4.57 Å². The maximum absolute atomic E-state index is 11.8. The summed E-state index contributed by atoms with van der Waals surface area (Å²) in [6, 6.07) is 3.10. The van der Waals surface area contributed by atoms with Crippen LogP contribution in [0.5, 0.6) is 0 Å². The van der Waals surface area contributed by atoms with E-state index in [2.05, 4.69) is 5.73 Å². The third kappa shape index (κ3) is 2.18. The van der Waals surface area contributed by atoms with Crippen molar-refractivity contribution in [3.05, 3.63) is 34.2 Å². The van der Waals surface area contributed by atoms with E-state index in [0.717, 1.165) is 5.56 Å². The van der Waals surface area contributed by atoms with Gasteiger partial charge in [-0.1, -0.05) is 0 Å². The summed E-state index contributed by atoms with van der Waals surface area (Å²) in [5.41, 5.74) is 4.11. The zero-order valence-electron chi connectivity index (χ0n) is 9.77. The number of hydrogen-bond acceptors (Lipinski definition) is 5. The first-order valence-electron chi connectivity index (χ1n) is 5.71. The molecule has 1 aliphatic heterocycles. The smallest absolute Gasteiger partial charge is 0.253 e. The number of ether oxygens (including phenoxy) is 1. The molecule has 0 radical (unpaired) electrons. The number of nitrogens with zero attached hydrogens (tertiary/aromatic N) is 1. The van der Waals surface area contributed by atoms with E-state index in [9.17, 15) is 15.0 Å². The molecule has 6 N–H and O–H groups in total. The van der Waals surface area contributed by atoms with Gasteiger partial charge in [0.05, 0.1) is 13.2 Å². The van der Waals surface area contributed by atoms with E-state index in [0.29, 0.717) is 6.54 Å². The molecule has 100 valence electrons. The highest BCUT2D eigenvalue weighted by Gasteiger charge is 2.43. The number of hydrogen-bond donors (Lipinski definition) is 4. The minimum atomic E-state index is -1.24. The highest BCUT2D eigenvalue weighted by molar-refractivity contribution is 5.10. The van der Waals surface area contributed by atoms with Gasteiger partial charge < -0.3 is 25.8 Å². The van der Waals surface area contributed by atoms with Gasteiger partial charge in [0.2, 0.25) is 0 Å². The van der Waals surface area contributed by atoms with Gasteiger partial charge in [-0.3, -0.25) is 9.36 Å². The molecule has 0 bridgehead atoms. The highest BCUT2D eigenvalue weighted by atomic mass is 16.6. The van der Waals surface area contributed by atoms with Gasteiger partial charge in [0.1, 0.15) is 18.3 Å². The molecule has 0 saturated carbocycles. The van der Waals surface area contributed by atoms with Crippen molar-refractivity contribution in [2.24, 2.45) is 0 Å². The van der Waals surface area contributed by atoms with Gasteiger partial charge in [0.15, 0.2) is 6.23 Å². The first-order chi connectivity index (χ1) is 8.58. The van der Waals surface area contributed by atoms with Crippen molar-refractivity contribution in [2.75, 3.05) is 6.61 Å². The van der Waals surface area contributed by atoms with E-state index in [-0.39, 0.29) is 5.56 Å². The molecule has 18 heavy (non-hydrogen) atoms. The zero-order valence-corrected chi connectivity index (χ0v) is 9.77. The van der Waals surface area contributed by atoms with Crippen molar-refractivity contribution in [1.29, 1.82) is 0 Å². The van der Waals surface area contributed by atoms with Crippen LogP contribution >= 0.6 is 0 Å². The molecule has 0 aliphatic carbocycles. The van der Waals surface area contributed by atoms with E-state index in [1.165, 1.54) is 16.8 Å². The van der Waals surface area contributed by atoms with Crippen LogP contribution < -0.4 is 11.3 Å². The predicted molar refractivity (Wildman–Crippen MR) is 60.3 cm³/mol. The highest BCUT2D eigenvalue weighted by Crippen LogP contribution is 2.27. The largest absolute Gasteiger partial charge is 0.394 e. The maximum Gasteiger partial charge on any atom is 0.253 e. The number of pyridine rings is 1. The lowest BCUT2D eigenvalue weighted by molar-refractivity contribution is -0.386. The molecule has 1 fully saturated rings. The Labute approximate surface area is 103 Å². The minimum Gasteiger partial charge on any atom is -0.394 e. The molecular formula is C11H17N2O5+. The Morgan fingerprint density at radius 1 is 1.39 bits per heavy atom. The van der Waals surface area contributed by atoms with Crippen LogP contribution in [0.1, 0.15) is 11.8 Å². The molecule has 1 saturated heterocycles. The lowest BCUT2D eigenvalue weighted by atomic mass is 10.1. The second-order valence-corrected chi connectivity index (χ2v) is 4.26. The van der Waals surface area contributed by atoms with Gasteiger partial charge in [0.25, 0.3) is 5.56 Å². The monoisotopic (exact) mass is 257 g/mol. The first kappa shape index (κ1) is 13.2. The predicted octanol–water partition coefficient (Wildman–Crippen LogP) is -2.80. The van der Waals surface area contributed by atoms with Crippen LogP contribution in [0.25, 0.3) is 0 Å². The Balaban J connectivity index is 2.30. The summed E-state index contributed by atoms with van der Waals surface area (Å²) in [5, 5.41) is 28.4. The number of aromatic nitrogens is 1. The van der Waals surface area contributed by atoms with Crippen LogP contribution in [-0.4, -0.2) is 44.8 Å². The van der Waals surface area contributed by atoms with Gasteiger partial charge >= 0.3 is 0 Å². The van der Waals surface area contributed by atoms with Crippen molar-refractivity contribution in [3.8, 4) is 0 Å². The molecule has 2 heterocycles. The molecule has 0 unspecified atom stereocenters. The van der Waals surface area contributed by atoms with E-state index in [1.807, 2.05) is 0 Å². The van der Waals surface area contributed by atoms with Gasteiger partial charge in [-0.2, -0.15) is 0 Å². The molecule has 7 nitrogen and oxygen atoms in total. The van der Waals surface area contributed by atoms with Crippen molar-refractivity contribution < 1.29 is 25.8 Å². The molecule has 1 aromatic rings. The van der Waals surface area contributed by atoms with Gasteiger partial charge in [-0.25, -0.2) is 0 Å². The summed E-state index contributed by atoms with van der Waals surface area (Å²) in [6.45, 7) is 0.0759. The summed E-state index contributed by atoms with van der Waals surface area (Å²) in [6.07, 6.45) is -2.83. The van der Waals surface area contributed by atoms with Crippen molar-refractivity contribution >= 4 is 0 Å². The Kier molecular flexibility index (Phi) is 3.79. The molecule has 0 amide bonds. The van der Waals surface area contributed by atoms with Crippen LogP contribution in [-0.2, 0) is 11.3 Å². The average Bonchev–Trinajstić information content (AvgIpc) is 2.66. The fraction of sp³-hybridized carbons (Fsp3) is 0.545. The quantitative estimate of drug-likeness (QED) is 0.466. The normalized spacial score (nSPS) is 31.8. The van der Waals surface area contributed by atoms with Crippen LogP contribution in [0, 0.1) is 0 Å². The molecule has 7 heteroatoms. The summed E-state index contributed by atoms with van der Waals surface area (Å²) < 4.78 is 6.47. The van der Waals surface area contributed by atoms with Crippen molar-refractivity contribution in [2.45, 2.75) is 31.1 Å². The SMILES string of the molecule is [NH3+]Cc1ccn([C@@H]2O[C@H](CO)[C@@H](O)[C@H]2O)c(=O)c1. The molecule has 2 rings (SSSR count). The van der Waals surface area contributed by atoms with Gasteiger partial charge in [-0.15, -0.1) is 0 Å². The second kappa shape index (κ2) is 5.17. The number of aliphatic hydroxyl groups excluding tert-OH is 3. The van der Waals surface area contributed by atoms with Crippen LogP contribution in [0.3, 0.4) is 0 Å².